The van der Waals surface area contributed by atoms with Crippen LogP contribution in [0.5, 0.6) is 5.75 Å². The molecule has 0 bridgehead atoms. The molecule has 39 heavy (non-hydrogen) atoms. The maximum atomic E-state index is 13.1. The van der Waals surface area contributed by atoms with Crippen molar-refractivity contribution in [2.75, 3.05) is 20.3 Å². The van der Waals surface area contributed by atoms with Crippen molar-refractivity contribution in [1.29, 1.82) is 0 Å². The molecule has 0 fully saturated rings. The van der Waals surface area contributed by atoms with Gasteiger partial charge in [-0.1, -0.05) is 72.8 Å². The first kappa shape index (κ1) is 31.1. The van der Waals surface area contributed by atoms with E-state index in [-0.39, 0.29) is 6.10 Å². The van der Waals surface area contributed by atoms with Gasteiger partial charge in [-0.3, -0.25) is 18.9 Å². The molecular weight excluding hydrogens is 509 g/mol. The van der Waals surface area contributed by atoms with Crippen LogP contribution in [0, 0.1) is 0 Å². The molecule has 3 aromatic rings. The molecule has 1 atom stereocenters. The van der Waals surface area contributed by atoms with Crippen LogP contribution in [0.1, 0.15) is 70.6 Å². The number of rotatable bonds is 15. The Hall–Kier alpha value is -2.47. The first-order valence-electron chi connectivity index (χ1n) is 13.7. The first-order chi connectivity index (χ1) is 18.6. The number of phosphoric acid groups is 1. The molecule has 0 heterocycles. The number of ether oxygens (including phenoxy) is 1. The van der Waals surface area contributed by atoms with Crippen molar-refractivity contribution >= 4 is 7.82 Å². The molecule has 0 saturated carbocycles. The summed E-state index contributed by atoms with van der Waals surface area (Å²) in [5, 5.41) is 3.90. The highest BCUT2D eigenvalue weighted by atomic mass is 31.2. The summed E-state index contributed by atoms with van der Waals surface area (Å²) in [6.45, 7) is 10.2. The van der Waals surface area contributed by atoms with Crippen molar-refractivity contribution in [3.63, 3.8) is 0 Å². The van der Waals surface area contributed by atoms with Gasteiger partial charge in [-0.25, -0.2) is 4.57 Å². The van der Waals surface area contributed by atoms with Crippen molar-refractivity contribution in [3.05, 3.63) is 102 Å². The topological polar surface area (TPSA) is 66.0 Å². The van der Waals surface area contributed by atoms with Gasteiger partial charge < -0.3 is 4.74 Å². The largest absolute Gasteiger partial charge is 0.497 e. The normalized spacial score (nSPS) is 13.8. The second kappa shape index (κ2) is 14.2. The van der Waals surface area contributed by atoms with Crippen LogP contribution in [-0.2, 0) is 23.7 Å². The SMILES string of the molecule is COc1ccc(C(NCCCCCOP(=O)(OC(C)C)OC(C)(C)C)(c2ccccc2)c2ccccc2)cc1. The molecule has 0 aliphatic rings. The van der Waals surface area contributed by atoms with Crippen molar-refractivity contribution in [1.82, 2.24) is 5.32 Å². The van der Waals surface area contributed by atoms with Crippen LogP contribution in [0.25, 0.3) is 0 Å². The van der Waals surface area contributed by atoms with E-state index in [1.807, 2.05) is 58.9 Å². The maximum Gasteiger partial charge on any atom is 0.475 e. The zero-order valence-electron chi connectivity index (χ0n) is 24.2. The van der Waals surface area contributed by atoms with E-state index >= 15 is 0 Å². The van der Waals surface area contributed by atoms with Crippen molar-refractivity contribution < 1.29 is 22.9 Å². The average molecular weight is 554 g/mol. The smallest absolute Gasteiger partial charge is 0.475 e. The van der Waals surface area contributed by atoms with Crippen LogP contribution in [0.15, 0.2) is 84.9 Å². The van der Waals surface area contributed by atoms with Gasteiger partial charge in [-0.2, -0.15) is 0 Å². The van der Waals surface area contributed by atoms with Crippen LogP contribution in [0.3, 0.4) is 0 Å². The molecule has 0 amide bonds. The molecule has 7 heteroatoms. The third-order valence-corrected chi connectivity index (χ3v) is 8.07. The standard InChI is InChI=1S/C32H44NO5P/c1-26(2)37-39(34,38-31(3,4)5)36-25-15-9-14-24-33-32(27-16-10-7-11-17-27,28-18-12-8-13-19-28)29-20-22-30(35-6)23-21-29/h7-8,10-13,16-23,26,33H,9,14-15,24-25H2,1-6H3. The summed E-state index contributed by atoms with van der Waals surface area (Å²) >= 11 is 0. The third kappa shape index (κ3) is 9.02. The second-order valence-electron chi connectivity index (χ2n) is 10.8. The van der Waals surface area contributed by atoms with Crippen LogP contribution in [0.2, 0.25) is 0 Å². The molecule has 0 aliphatic heterocycles. The second-order valence-corrected chi connectivity index (χ2v) is 12.4. The Balaban J connectivity index is 1.72. The minimum Gasteiger partial charge on any atom is -0.497 e. The van der Waals surface area contributed by atoms with Gasteiger partial charge in [-0.05, 0) is 89.2 Å². The molecule has 0 saturated heterocycles. The highest BCUT2D eigenvalue weighted by Gasteiger charge is 2.36. The zero-order valence-corrected chi connectivity index (χ0v) is 25.1. The molecule has 3 aromatic carbocycles. The van der Waals surface area contributed by atoms with Crippen molar-refractivity contribution in [2.24, 2.45) is 0 Å². The average Bonchev–Trinajstić information content (AvgIpc) is 2.90. The first-order valence-corrected chi connectivity index (χ1v) is 15.2. The fraction of sp³-hybridized carbons (Fsp3) is 0.438. The molecule has 1 N–H and O–H groups in total. The molecule has 212 valence electrons. The van der Waals surface area contributed by atoms with Crippen LogP contribution >= 0.6 is 7.82 Å². The number of phosphoric ester groups is 1. The Kier molecular flexibility index (Phi) is 11.3. The lowest BCUT2D eigenvalue weighted by Gasteiger charge is -2.37. The lowest BCUT2D eigenvalue weighted by molar-refractivity contribution is 0.0306. The molecule has 0 aliphatic carbocycles. The lowest BCUT2D eigenvalue weighted by atomic mass is 9.77. The molecule has 1 unspecified atom stereocenters. The number of hydrogen-bond acceptors (Lipinski definition) is 6. The minimum atomic E-state index is -3.63. The summed E-state index contributed by atoms with van der Waals surface area (Å²) < 4.78 is 35.4. The summed E-state index contributed by atoms with van der Waals surface area (Å²) in [4.78, 5) is 0. The van der Waals surface area contributed by atoms with Gasteiger partial charge in [0, 0.05) is 0 Å². The number of unbranched alkanes of at least 4 members (excludes halogenated alkanes) is 2. The van der Waals surface area contributed by atoms with E-state index in [2.05, 4.69) is 66.0 Å². The van der Waals surface area contributed by atoms with Gasteiger partial charge in [0.25, 0.3) is 0 Å². The summed E-state index contributed by atoms with van der Waals surface area (Å²) in [7, 11) is -1.95. The molecule has 0 aromatic heterocycles. The highest BCUT2D eigenvalue weighted by molar-refractivity contribution is 7.48. The maximum absolute atomic E-state index is 13.1. The molecule has 3 rings (SSSR count). The summed E-state index contributed by atoms with van der Waals surface area (Å²) in [5.41, 5.74) is 2.29. The van der Waals surface area contributed by atoms with E-state index in [0.29, 0.717) is 6.61 Å². The fourth-order valence-corrected chi connectivity index (χ4v) is 6.25. The van der Waals surface area contributed by atoms with Crippen LogP contribution in [-0.4, -0.2) is 32.0 Å². The Morgan fingerprint density at radius 3 is 1.79 bits per heavy atom. The predicted molar refractivity (Wildman–Crippen MR) is 158 cm³/mol. The van der Waals surface area contributed by atoms with Crippen molar-refractivity contribution in [2.45, 2.75) is 71.1 Å². The summed E-state index contributed by atoms with van der Waals surface area (Å²) in [6, 6.07) is 29.3. The molecule has 0 spiro atoms. The van der Waals surface area contributed by atoms with Crippen LogP contribution < -0.4 is 10.1 Å². The quantitative estimate of drug-likeness (QED) is 0.116. The fourth-order valence-electron chi connectivity index (χ4n) is 4.55. The Morgan fingerprint density at radius 2 is 1.31 bits per heavy atom. The van der Waals surface area contributed by atoms with Gasteiger partial charge in [-0.15, -0.1) is 0 Å². The van der Waals surface area contributed by atoms with E-state index in [9.17, 15) is 4.57 Å². The van der Waals surface area contributed by atoms with Gasteiger partial charge in [0.1, 0.15) is 5.75 Å². The van der Waals surface area contributed by atoms with Gasteiger partial charge in [0.15, 0.2) is 0 Å². The molecular formula is C32H44NO5P. The number of hydrogen-bond donors (Lipinski definition) is 1. The van der Waals surface area contributed by atoms with E-state index in [1.54, 1.807) is 7.11 Å². The van der Waals surface area contributed by atoms with Crippen LogP contribution in [0.4, 0.5) is 0 Å². The van der Waals surface area contributed by atoms with E-state index < -0.39 is 19.0 Å². The van der Waals surface area contributed by atoms with E-state index in [4.69, 9.17) is 18.3 Å². The number of benzene rings is 3. The third-order valence-electron chi connectivity index (χ3n) is 6.12. The van der Waals surface area contributed by atoms with E-state index in [0.717, 1.165) is 48.2 Å². The summed E-state index contributed by atoms with van der Waals surface area (Å²) in [5.74, 6) is 0.822. The number of nitrogens with one attached hydrogen (secondary N) is 1. The van der Waals surface area contributed by atoms with Crippen molar-refractivity contribution in [3.8, 4) is 5.75 Å². The summed E-state index contributed by atoms with van der Waals surface area (Å²) in [6.07, 6.45) is 2.29. The highest BCUT2D eigenvalue weighted by Crippen LogP contribution is 2.53. The van der Waals surface area contributed by atoms with Gasteiger partial charge in [0.05, 0.1) is 31.0 Å². The Labute approximate surface area is 234 Å². The van der Waals surface area contributed by atoms with Gasteiger partial charge in [0.2, 0.25) is 0 Å². The number of methoxy groups -OCH3 is 1. The Bertz CT molecular complexity index is 1120. The Morgan fingerprint density at radius 1 is 0.769 bits per heavy atom. The monoisotopic (exact) mass is 553 g/mol. The molecule has 0 radical (unpaired) electrons. The van der Waals surface area contributed by atoms with E-state index in [1.165, 1.54) is 0 Å². The van der Waals surface area contributed by atoms with Gasteiger partial charge >= 0.3 is 7.82 Å². The minimum absolute atomic E-state index is 0.260. The predicted octanol–water partition coefficient (Wildman–Crippen LogP) is 8.11. The lowest BCUT2D eigenvalue weighted by Crippen LogP contribution is -2.45. The zero-order chi connectivity index (χ0) is 28.4. The molecule has 6 nitrogen and oxygen atoms in total.